The van der Waals surface area contributed by atoms with Crippen molar-refractivity contribution in [3.05, 3.63) is 51.8 Å². The first kappa shape index (κ1) is 19.7. The quantitative estimate of drug-likeness (QED) is 0.633. The second-order valence-electron chi connectivity index (χ2n) is 7.08. The van der Waals surface area contributed by atoms with Crippen molar-refractivity contribution in [2.24, 2.45) is 5.92 Å². The zero-order valence-corrected chi connectivity index (χ0v) is 17.8. The van der Waals surface area contributed by atoms with Crippen LogP contribution in [0.3, 0.4) is 0 Å². The lowest BCUT2D eigenvalue weighted by Crippen LogP contribution is -2.37. The van der Waals surface area contributed by atoms with Gasteiger partial charge in [-0.3, -0.25) is 9.78 Å². The largest absolute Gasteiger partial charge is 0.497 e. The summed E-state index contributed by atoms with van der Waals surface area (Å²) in [5.41, 5.74) is 1.43. The normalized spacial score (nSPS) is 17.1. The van der Waals surface area contributed by atoms with E-state index in [0.29, 0.717) is 46.2 Å². The van der Waals surface area contributed by atoms with Crippen LogP contribution in [0.5, 0.6) is 11.5 Å². The summed E-state index contributed by atoms with van der Waals surface area (Å²) in [5, 5.41) is 0. The van der Waals surface area contributed by atoms with Crippen molar-refractivity contribution in [1.29, 1.82) is 0 Å². The fraction of sp³-hybridized carbons (Fsp3) is 0.381. The number of carbonyl (C=O) groups is 2. The minimum Gasteiger partial charge on any atom is -0.497 e. The van der Waals surface area contributed by atoms with E-state index in [-0.39, 0.29) is 11.9 Å². The molecule has 0 N–H and O–H groups in total. The molecule has 0 unspecified atom stereocenters. The van der Waals surface area contributed by atoms with Crippen LogP contribution in [-0.2, 0) is 4.74 Å². The van der Waals surface area contributed by atoms with Crippen LogP contribution in [0.1, 0.15) is 45.3 Å². The number of amides is 1. The van der Waals surface area contributed by atoms with Crippen LogP contribution in [0, 0.1) is 5.92 Å². The minimum absolute atomic E-state index is 0.173. The van der Waals surface area contributed by atoms with Gasteiger partial charge in [0.2, 0.25) is 0 Å². The van der Waals surface area contributed by atoms with Crippen LogP contribution in [0.25, 0.3) is 0 Å². The van der Waals surface area contributed by atoms with Gasteiger partial charge in [0.25, 0.3) is 5.91 Å². The predicted molar refractivity (Wildman–Crippen MR) is 108 cm³/mol. The topological polar surface area (TPSA) is 78.0 Å². The number of pyridine rings is 1. The van der Waals surface area contributed by atoms with Crippen LogP contribution in [-0.4, -0.2) is 49.1 Å². The molecule has 0 radical (unpaired) electrons. The molecule has 1 atom stereocenters. The summed E-state index contributed by atoms with van der Waals surface area (Å²) in [5.74, 6) is 0.789. The van der Waals surface area contributed by atoms with E-state index in [9.17, 15) is 9.59 Å². The summed E-state index contributed by atoms with van der Waals surface area (Å²) < 4.78 is 16.6. The molecular formula is C21H21BrN2O5. The Labute approximate surface area is 177 Å². The molecule has 0 bridgehead atoms. The third kappa shape index (κ3) is 3.81. The standard InChI is InChI=1S/C21H21BrN2O5/c1-27-14-5-6-23-17(11-14)18(12-3-4-12)24-7-8-29-19-15(20(24)25)9-13(10-16(19)22)21(26)28-2/h5-6,9-12,18H,3-4,7-8H2,1-2H3/t18-/m0/s1. The van der Waals surface area contributed by atoms with Gasteiger partial charge in [0.15, 0.2) is 0 Å². The number of ether oxygens (including phenoxy) is 3. The number of methoxy groups -OCH3 is 2. The molecule has 2 aromatic rings. The third-order valence-corrected chi connectivity index (χ3v) is 5.82. The first-order valence-corrected chi connectivity index (χ1v) is 10.2. The van der Waals surface area contributed by atoms with E-state index in [1.165, 1.54) is 13.2 Å². The second kappa shape index (κ2) is 8.02. The Morgan fingerprint density at radius 2 is 2.10 bits per heavy atom. The smallest absolute Gasteiger partial charge is 0.337 e. The number of carbonyl (C=O) groups excluding carboxylic acids is 2. The van der Waals surface area contributed by atoms with E-state index in [2.05, 4.69) is 20.9 Å². The first-order valence-electron chi connectivity index (χ1n) is 9.39. The van der Waals surface area contributed by atoms with Gasteiger partial charge in [0.1, 0.15) is 18.1 Å². The molecule has 29 heavy (non-hydrogen) atoms. The van der Waals surface area contributed by atoms with Crippen LogP contribution in [0.2, 0.25) is 0 Å². The third-order valence-electron chi connectivity index (χ3n) is 5.23. The Bertz CT molecular complexity index is 960. The molecule has 1 saturated carbocycles. The van der Waals surface area contributed by atoms with Crippen molar-refractivity contribution in [3.63, 3.8) is 0 Å². The molecule has 7 nitrogen and oxygen atoms in total. The van der Waals surface area contributed by atoms with E-state index >= 15 is 0 Å². The van der Waals surface area contributed by atoms with Gasteiger partial charge in [-0.25, -0.2) is 4.79 Å². The Kier molecular flexibility index (Phi) is 5.45. The van der Waals surface area contributed by atoms with Gasteiger partial charge in [0, 0.05) is 12.3 Å². The van der Waals surface area contributed by atoms with Crippen molar-refractivity contribution in [3.8, 4) is 11.5 Å². The van der Waals surface area contributed by atoms with E-state index in [4.69, 9.17) is 14.2 Å². The average Bonchev–Trinajstić information content (AvgIpc) is 3.58. The van der Waals surface area contributed by atoms with Crippen LogP contribution in [0.4, 0.5) is 0 Å². The Hall–Kier alpha value is -2.61. The summed E-state index contributed by atoms with van der Waals surface area (Å²) >= 11 is 3.42. The Morgan fingerprint density at radius 3 is 2.79 bits per heavy atom. The predicted octanol–water partition coefficient (Wildman–Crippen LogP) is 3.63. The molecule has 1 aromatic heterocycles. The molecular weight excluding hydrogens is 440 g/mol. The maximum absolute atomic E-state index is 13.6. The number of hydrogen-bond donors (Lipinski definition) is 0. The molecule has 0 saturated heterocycles. The number of rotatable bonds is 5. The highest BCUT2D eigenvalue weighted by Gasteiger charge is 2.41. The van der Waals surface area contributed by atoms with E-state index in [1.807, 2.05) is 6.07 Å². The summed E-state index contributed by atoms with van der Waals surface area (Å²) in [6, 6.07) is 6.64. The summed E-state index contributed by atoms with van der Waals surface area (Å²) in [6.07, 6.45) is 3.77. The monoisotopic (exact) mass is 460 g/mol. The molecule has 1 fully saturated rings. The molecule has 8 heteroatoms. The number of fused-ring (bicyclic) bond motifs is 1. The Balaban J connectivity index is 1.76. The highest BCUT2D eigenvalue weighted by molar-refractivity contribution is 9.10. The first-order chi connectivity index (χ1) is 14.0. The number of nitrogens with zero attached hydrogens (tertiary/aromatic N) is 2. The van der Waals surface area contributed by atoms with Gasteiger partial charge in [0.05, 0.1) is 48.1 Å². The second-order valence-corrected chi connectivity index (χ2v) is 7.93. The fourth-order valence-corrected chi connectivity index (χ4v) is 4.26. The maximum atomic E-state index is 13.6. The van der Waals surface area contributed by atoms with E-state index < -0.39 is 5.97 Å². The number of halogens is 1. The van der Waals surface area contributed by atoms with Gasteiger partial charge >= 0.3 is 5.97 Å². The van der Waals surface area contributed by atoms with E-state index in [0.717, 1.165) is 18.5 Å². The molecule has 152 valence electrons. The lowest BCUT2D eigenvalue weighted by molar-refractivity contribution is 0.0600. The molecule has 1 aliphatic heterocycles. The van der Waals surface area contributed by atoms with Crippen LogP contribution < -0.4 is 9.47 Å². The Morgan fingerprint density at radius 1 is 1.31 bits per heavy atom. The molecule has 0 spiro atoms. The number of hydrogen-bond acceptors (Lipinski definition) is 6. The van der Waals surface area contributed by atoms with Crippen molar-refractivity contribution in [2.45, 2.75) is 18.9 Å². The molecule has 2 heterocycles. The number of aromatic nitrogens is 1. The molecule has 1 aromatic carbocycles. The molecule has 1 amide bonds. The van der Waals surface area contributed by atoms with E-state index in [1.54, 1.807) is 30.3 Å². The van der Waals surface area contributed by atoms with Gasteiger partial charge in [-0.15, -0.1) is 0 Å². The highest BCUT2D eigenvalue weighted by atomic mass is 79.9. The average molecular weight is 461 g/mol. The number of benzene rings is 1. The van der Waals surface area contributed by atoms with Crippen LogP contribution >= 0.6 is 15.9 Å². The summed E-state index contributed by atoms with van der Waals surface area (Å²) in [6.45, 7) is 0.773. The van der Waals surface area contributed by atoms with Crippen molar-refractivity contribution in [1.82, 2.24) is 9.88 Å². The van der Waals surface area contributed by atoms with Gasteiger partial charge in [-0.05, 0) is 52.9 Å². The SMILES string of the molecule is COC(=O)c1cc(Br)c2c(c1)C(=O)N([C@H](c1cc(OC)ccn1)C1CC1)CCO2. The maximum Gasteiger partial charge on any atom is 0.337 e. The van der Waals surface area contributed by atoms with Gasteiger partial charge < -0.3 is 19.1 Å². The highest BCUT2D eigenvalue weighted by Crippen LogP contribution is 2.46. The van der Waals surface area contributed by atoms with Crippen molar-refractivity contribution >= 4 is 27.8 Å². The van der Waals surface area contributed by atoms with Gasteiger partial charge in [-0.2, -0.15) is 0 Å². The summed E-state index contributed by atoms with van der Waals surface area (Å²) in [7, 11) is 2.92. The zero-order valence-electron chi connectivity index (χ0n) is 16.2. The van der Waals surface area contributed by atoms with Crippen molar-refractivity contribution < 1.29 is 23.8 Å². The van der Waals surface area contributed by atoms with Crippen molar-refractivity contribution in [2.75, 3.05) is 27.4 Å². The summed E-state index contributed by atoms with van der Waals surface area (Å²) in [4.78, 5) is 31.9. The lowest BCUT2D eigenvalue weighted by Gasteiger charge is -2.30. The lowest BCUT2D eigenvalue weighted by atomic mass is 10.0. The molecule has 4 rings (SSSR count). The number of esters is 1. The zero-order chi connectivity index (χ0) is 20.5. The minimum atomic E-state index is -0.509. The molecule has 1 aliphatic carbocycles. The van der Waals surface area contributed by atoms with Crippen LogP contribution in [0.15, 0.2) is 34.9 Å². The fourth-order valence-electron chi connectivity index (χ4n) is 3.69. The molecule has 2 aliphatic rings. The van der Waals surface area contributed by atoms with Gasteiger partial charge in [-0.1, -0.05) is 0 Å².